The fourth-order valence-electron chi connectivity index (χ4n) is 2.85. The summed E-state index contributed by atoms with van der Waals surface area (Å²) >= 11 is 0. The largest absolute Gasteiger partial charge is 0.351 e. The van der Waals surface area contributed by atoms with Crippen LogP contribution in [0.4, 0.5) is 5.95 Å². The number of benzene rings is 1. The minimum atomic E-state index is -3.42. The quantitative estimate of drug-likeness (QED) is 0.688. The number of rotatable bonds is 7. The lowest BCUT2D eigenvalue weighted by Crippen LogP contribution is -2.50. The topological polar surface area (TPSA) is 95.5 Å². The van der Waals surface area contributed by atoms with Gasteiger partial charge in [-0.2, -0.15) is 4.31 Å². The van der Waals surface area contributed by atoms with E-state index in [0.29, 0.717) is 32.1 Å². The molecule has 1 aromatic heterocycles. The Kier molecular flexibility index (Phi) is 6.72. The summed E-state index contributed by atoms with van der Waals surface area (Å²) in [6, 6.07) is 11.2. The van der Waals surface area contributed by atoms with Crippen LogP contribution in [0.5, 0.6) is 0 Å². The van der Waals surface area contributed by atoms with Crippen LogP contribution >= 0.6 is 0 Å². The van der Waals surface area contributed by atoms with Crippen molar-refractivity contribution in [3.63, 3.8) is 0 Å². The molecule has 8 nitrogen and oxygen atoms in total. The van der Waals surface area contributed by atoms with Crippen LogP contribution < -0.4 is 10.2 Å². The molecule has 1 N–H and O–H groups in total. The maximum Gasteiger partial charge on any atom is 0.244 e. The highest BCUT2D eigenvalue weighted by Crippen LogP contribution is 2.12. The standard InChI is InChI=1S/C19H23N5O3S/c25-18(8-7-17-5-2-1-3-6-17)20-11-16-28(26,27)24-14-12-23(13-15-24)19-21-9-4-10-22-19/h1-10H,11-16H2,(H,20,25). The zero-order valence-electron chi connectivity index (χ0n) is 15.4. The van der Waals surface area contributed by atoms with Crippen LogP contribution in [0.1, 0.15) is 5.56 Å². The van der Waals surface area contributed by atoms with E-state index in [2.05, 4.69) is 15.3 Å². The van der Waals surface area contributed by atoms with Gasteiger partial charge in [0.15, 0.2) is 0 Å². The van der Waals surface area contributed by atoms with Gasteiger partial charge in [0.25, 0.3) is 0 Å². The zero-order chi connectivity index (χ0) is 19.8. The van der Waals surface area contributed by atoms with Crippen molar-refractivity contribution in [3.8, 4) is 0 Å². The van der Waals surface area contributed by atoms with Crippen molar-refractivity contribution in [2.24, 2.45) is 0 Å². The predicted molar refractivity (Wildman–Crippen MR) is 108 cm³/mol. The summed E-state index contributed by atoms with van der Waals surface area (Å²) in [7, 11) is -3.42. The highest BCUT2D eigenvalue weighted by molar-refractivity contribution is 7.89. The molecular formula is C19H23N5O3S. The van der Waals surface area contributed by atoms with Crippen molar-refractivity contribution < 1.29 is 13.2 Å². The van der Waals surface area contributed by atoms with Gasteiger partial charge in [-0.15, -0.1) is 0 Å². The molecule has 0 radical (unpaired) electrons. The number of piperazine rings is 1. The van der Waals surface area contributed by atoms with Gasteiger partial charge >= 0.3 is 0 Å². The molecule has 1 fully saturated rings. The summed E-state index contributed by atoms with van der Waals surface area (Å²) in [4.78, 5) is 22.2. The van der Waals surface area contributed by atoms with Crippen molar-refractivity contribution in [3.05, 3.63) is 60.4 Å². The molecule has 0 spiro atoms. The molecule has 1 amide bonds. The van der Waals surface area contributed by atoms with Gasteiger partial charge in [-0.3, -0.25) is 4.79 Å². The summed E-state index contributed by atoms with van der Waals surface area (Å²) in [5.74, 6) is 0.168. The lowest BCUT2D eigenvalue weighted by Gasteiger charge is -2.33. The van der Waals surface area contributed by atoms with Crippen LogP contribution in [0.2, 0.25) is 0 Å². The third-order valence-corrected chi connectivity index (χ3v) is 6.22. The molecule has 1 saturated heterocycles. The molecule has 1 aromatic carbocycles. The summed E-state index contributed by atoms with van der Waals surface area (Å²) < 4.78 is 26.4. The van der Waals surface area contributed by atoms with Crippen molar-refractivity contribution in [2.45, 2.75) is 0 Å². The fraction of sp³-hybridized carbons (Fsp3) is 0.316. The van der Waals surface area contributed by atoms with Crippen LogP contribution in [-0.2, 0) is 14.8 Å². The van der Waals surface area contributed by atoms with Gasteiger partial charge in [0.05, 0.1) is 5.75 Å². The van der Waals surface area contributed by atoms with Gasteiger partial charge in [0.1, 0.15) is 0 Å². The van der Waals surface area contributed by atoms with Crippen molar-refractivity contribution in [1.29, 1.82) is 0 Å². The van der Waals surface area contributed by atoms with Gasteiger partial charge in [0.2, 0.25) is 21.9 Å². The second-order valence-electron chi connectivity index (χ2n) is 6.29. The van der Waals surface area contributed by atoms with Gasteiger partial charge in [-0.25, -0.2) is 18.4 Å². The van der Waals surface area contributed by atoms with E-state index in [-0.39, 0.29) is 18.2 Å². The van der Waals surface area contributed by atoms with Crippen LogP contribution in [0.15, 0.2) is 54.9 Å². The Morgan fingerprint density at radius 2 is 1.71 bits per heavy atom. The van der Waals surface area contributed by atoms with Crippen molar-refractivity contribution in [2.75, 3.05) is 43.4 Å². The smallest absolute Gasteiger partial charge is 0.244 e. The molecule has 0 unspecified atom stereocenters. The first-order chi connectivity index (χ1) is 13.5. The van der Waals surface area contributed by atoms with Crippen LogP contribution in [0.3, 0.4) is 0 Å². The first-order valence-electron chi connectivity index (χ1n) is 9.05. The molecule has 1 aliphatic rings. The average Bonchev–Trinajstić information content (AvgIpc) is 2.74. The zero-order valence-corrected chi connectivity index (χ0v) is 16.3. The molecule has 0 saturated carbocycles. The van der Waals surface area contributed by atoms with Gasteiger partial charge < -0.3 is 10.2 Å². The Morgan fingerprint density at radius 3 is 2.39 bits per heavy atom. The second kappa shape index (κ2) is 9.43. The highest BCUT2D eigenvalue weighted by atomic mass is 32.2. The monoisotopic (exact) mass is 401 g/mol. The summed E-state index contributed by atoms with van der Waals surface area (Å²) in [5, 5.41) is 2.62. The number of carbonyl (C=O) groups excluding carboxylic acids is 1. The van der Waals surface area contributed by atoms with E-state index in [1.165, 1.54) is 10.4 Å². The first-order valence-corrected chi connectivity index (χ1v) is 10.7. The van der Waals surface area contributed by atoms with E-state index in [4.69, 9.17) is 0 Å². The third kappa shape index (κ3) is 5.61. The van der Waals surface area contributed by atoms with Gasteiger partial charge in [-0.1, -0.05) is 30.3 Å². The molecule has 0 bridgehead atoms. The lowest BCUT2D eigenvalue weighted by atomic mass is 10.2. The number of hydrogen-bond donors (Lipinski definition) is 1. The van der Waals surface area contributed by atoms with Crippen LogP contribution in [0, 0.1) is 0 Å². The molecule has 1 aliphatic heterocycles. The molecule has 9 heteroatoms. The van der Waals surface area contributed by atoms with Crippen LogP contribution in [-0.4, -0.2) is 67.1 Å². The second-order valence-corrected chi connectivity index (χ2v) is 8.37. The summed E-state index contributed by atoms with van der Waals surface area (Å²) in [6.07, 6.45) is 6.43. The Bertz CT molecular complexity index is 896. The molecule has 28 heavy (non-hydrogen) atoms. The fourth-order valence-corrected chi connectivity index (χ4v) is 4.19. The minimum absolute atomic E-state index is 0.0717. The highest BCUT2D eigenvalue weighted by Gasteiger charge is 2.27. The average molecular weight is 401 g/mol. The van der Waals surface area contributed by atoms with E-state index in [1.807, 2.05) is 35.2 Å². The van der Waals surface area contributed by atoms with Crippen LogP contribution in [0.25, 0.3) is 6.08 Å². The number of aromatic nitrogens is 2. The van der Waals surface area contributed by atoms with Gasteiger partial charge in [-0.05, 0) is 17.7 Å². The lowest BCUT2D eigenvalue weighted by molar-refractivity contribution is -0.116. The molecule has 2 heterocycles. The van der Waals surface area contributed by atoms with E-state index in [1.54, 1.807) is 24.5 Å². The Labute approximate surface area is 165 Å². The predicted octanol–water partition coefficient (Wildman–Crippen LogP) is 0.758. The van der Waals surface area contributed by atoms with E-state index >= 15 is 0 Å². The Morgan fingerprint density at radius 1 is 1.04 bits per heavy atom. The molecule has 148 valence electrons. The molecular weight excluding hydrogens is 378 g/mol. The summed E-state index contributed by atoms with van der Waals surface area (Å²) in [5.41, 5.74) is 0.908. The maximum atomic E-state index is 12.5. The molecule has 0 atom stereocenters. The minimum Gasteiger partial charge on any atom is -0.351 e. The molecule has 3 rings (SSSR count). The number of nitrogens with one attached hydrogen (secondary N) is 1. The number of sulfonamides is 1. The van der Waals surface area contributed by atoms with E-state index in [9.17, 15) is 13.2 Å². The number of nitrogens with zero attached hydrogens (tertiary/aromatic N) is 4. The molecule has 2 aromatic rings. The molecule has 0 aliphatic carbocycles. The normalized spacial score (nSPS) is 15.6. The van der Waals surface area contributed by atoms with Gasteiger partial charge in [0, 0.05) is 51.2 Å². The number of carbonyl (C=O) groups is 1. The van der Waals surface area contributed by atoms with E-state index in [0.717, 1.165) is 5.56 Å². The van der Waals surface area contributed by atoms with Crippen molar-refractivity contribution >= 4 is 28.0 Å². The van der Waals surface area contributed by atoms with E-state index < -0.39 is 10.0 Å². The van der Waals surface area contributed by atoms with Crippen molar-refractivity contribution in [1.82, 2.24) is 19.6 Å². The number of anilines is 1. The third-order valence-electron chi connectivity index (χ3n) is 4.35. The Balaban J connectivity index is 1.43. The number of amides is 1. The Hall–Kier alpha value is -2.78. The SMILES string of the molecule is O=C(C=Cc1ccccc1)NCCS(=O)(=O)N1CCN(c2ncccn2)CC1. The summed E-state index contributed by atoms with van der Waals surface area (Å²) in [6.45, 7) is 1.90. The number of hydrogen-bond acceptors (Lipinski definition) is 6. The first kappa shape index (κ1) is 20.0. The maximum absolute atomic E-state index is 12.5.